The fourth-order valence-corrected chi connectivity index (χ4v) is 2.74. The highest BCUT2D eigenvalue weighted by molar-refractivity contribution is 5.60. The Balaban J connectivity index is 1.85. The lowest BCUT2D eigenvalue weighted by Gasteiger charge is -2.05. The first-order valence-corrected chi connectivity index (χ1v) is 6.78. The number of benzene rings is 2. The van der Waals surface area contributed by atoms with Crippen LogP contribution in [-0.2, 0) is 12.8 Å². The van der Waals surface area contributed by atoms with Crippen molar-refractivity contribution in [1.82, 2.24) is 0 Å². The second-order valence-corrected chi connectivity index (χ2v) is 5.03. The molecule has 0 fully saturated rings. The number of ether oxygens (including phenoxy) is 2. The molecule has 102 valence electrons. The molecule has 1 aliphatic rings. The zero-order valence-electron chi connectivity index (χ0n) is 11.8. The lowest BCUT2D eigenvalue weighted by molar-refractivity contribution is 0.411. The largest absolute Gasteiger partial charge is 0.497 e. The Kier molecular flexibility index (Phi) is 3.46. The zero-order chi connectivity index (χ0) is 13.9. The molecule has 0 saturated carbocycles. The molecule has 2 aromatic rings. The number of fused-ring (bicyclic) bond motifs is 1. The van der Waals surface area contributed by atoms with Gasteiger partial charge in [-0.1, -0.05) is 35.9 Å². The van der Waals surface area contributed by atoms with Gasteiger partial charge in [-0.05, 0) is 42.2 Å². The molecule has 0 radical (unpaired) electrons. The van der Waals surface area contributed by atoms with Crippen molar-refractivity contribution in [3.05, 3.63) is 64.7 Å². The van der Waals surface area contributed by atoms with Gasteiger partial charge in [-0.2, -0.15) is 0 Å². The van der Waals surface area contributed by atoms with Crippen LogP contribution in [0.4, 0.5) is 0 Å². The summed E-state index contributed by atoms with van der Waals surface area (Å²) in [7, 11) is 3.42. The van der Waals surface area contributed by atoms with Crippen molar-refractivity contribution in [2.75, 3.05) is 14.2 Å². The molecule has 20 heavy (non-hydrogen) atoms. The van der Waals surface area contributed by atoms with Gasteiger partial charge in [0.2, 0.25) is 0 Å². The topological polar surface area (TPSA) is 18.5 Å². The van der Waals surface area contributed by atoms with E-state index in [9.17, 15) is 0 Å². The van der Waals surface area contributed by atoms with Gasteiger partial charge in [0.15, 0.2) is 0 Å². The van der Waals surface area contributed by atoms with Crippen LogP contribution >= 0.6 is 0 Å². The van der Waals surface area contributed by atoms with E-state index in [-0.39, 0.29) is 0 Å². The van der Waals surface area contributed by atoms with E-state index in [0.717, 1.165) is 24.3 Å². The Bertz CT molecular complexity index is 639. The van der Waals surface area contributed by atoms with Gasteiger partial charge in [0.25, 0.3) is 0 Å². The molecule has 2 nitrogen and oxygen atoms in total. The van der Waals surface area contributed by atoms with Crippen LogP contribution in [0.5, 0.6) is 11.5 Å². The molecule has 0 N–H and O–H groups in total. The summed E-state index contributed by atoms with van der Waals surface area (Å²) in [5.74, 6) is 1.89. The van der Waals surface area contributed by atoms with Crippen LogP contribution in [0.2, 0.25) is 0 Å². The summed E-state index contributed by atoms with van der Waals surface area (Å²) < 4.78 is 10.6. The van der Waals surface area contributed by atoms with E-state index in [1.165, 1.54) is 22.3 Å². The van der Waals surface area contributed by atoms with Gasteiger partial charge in [0.1, 0.15) is 11.5 Å². The van der Waals surface area contributed by atoms with Gasteiger partial charge in [-0.3, -0.25) is 0 Å². The number of hydrogen-bond acceptors (Lipinski definition) is 2. The van der Waals surface area contributed by atoms with Crippen molar-refractivity contribution in [3.63, 3.8) is 0 Å². The van der Waals surface area contributed by atoms with Crippen LogP contribution in [0.15, 0.2) is 48.0 Å². The minimum absolute atomic E-state index is 0.892. The van der Waals surface area contributed by atoms with Crippen LogP contribution in [0.3, 0.4) is 0 Å². The van der Waals surface area contributed by atoms with E-state index in [1.54, 1.807) is 14.2 Å². The maximum atomic E-state index is 5.44. The Morgan fingerprint density at radius 1 is 0.900 bits per heavy atom. The first-order chi connectivity index (χ1) is 9.80. The van der Waals surface area contributed by atoms with E-state index >= 15 is 0 Å². The molecule has 0 saturated heterocycles. The molecule has 0 atom stereocenters. The van der Waals surface area contributed by atoms with Crippen LogP contribution in [0.25, 0.3) is 6.08 Å². The second kappa shape index (κ2) is 5.41. The highest BCUT2D eigenvalue weighted by Gasteiger charge is 2.18. The summed E-state index contributed by atoms with van der Waals surface area (Å²) in [5.41, 5.74) is 5.35. The summed E-state index contributed by atoms with van der Waals surface area (Å²) in [6.45, 7) is 0. The maximum Gasteiger partial charge on any atom is 0.122 e. The van der Waals surface area contributed by atoms with Crippen molar-refractivity contribution >= 4 is 6.08 Å². The molecule has 0 heterocycles. The smallest absolute Gasteiger partial charge is 0.122 e. The Morgan fingerprint density at radius 2 is 1.70 bits per heavy atom. The van der Waals surface area contributed by atoms with Crippen molar-refractivity contribution in [2.45, 2.75) is 12.8 Å². The summed E-state index contributed by atoms with van der Waals surface area (Å²) in [6, 6.07) is 14.5. The van der Waals surface area contributed by atoms with Crippen molar-refractivity contribution in [3.8, 4) is 11.5 Å². The fraction of sp³-hybridized carbons (Fsp3) is 0.222. The molecule has 3 rings (SSSR count). The fourth-order valence-electron chi connectivity index (χ4n) is 2.74. The summed E-state index contributed by atoms with van der Waals surface area (Å²) >= 11 is 0. The standard InChI is InChI=1S/C18H18O2/c1-19-16-8-6-13(7-9-16)10-14-11-15-4-3-5-18(20-2)17(15)12-14/h3-10H,11-12H2,1-2H3/b14-10+. The molecule has 1 aliphatic carbocycles. The SMILES string of the molecule is COc1ccc(/C=C2\Cc3cccc(OC)c3C2)cc1. The highest BCUT2D eigenvalue weighted by atomic mass is 16.5. The molecule has 0 bridgehead atoms. The van der Waals surface area contributed by atoms with Gasteiger partial charge in [0, 0.05) is 5.56 Å². The van der Waals surface area contributed by atoms with Gasteiger partial charge >= 0.3 is 0 Å². The second-order valence-electron chi connectivity index (χ2n) is 5.03. The molecule has 2 aromatic carbocycles. The molecule has 0 unspecified atom stereocenters. The Labute approximate surface area is 119 Å². The highest BCUT2D eigenvalue weighted by Crippen LogP contribution is 2.34. The quantitative estimate of drug-likeness (QED) is 0.839. The van der Waals surface area contributed by atoms with E-state index in [1.807, 2.05) is 18.2 Å². The van der Waals surface area contributed by atoms with Gasteiger partial charge in [-0.15, -0.1) is 0 Å². The number of allylic oxidation sites excluding steroid dienone is 1. The third-order valence-corrected chi connectivity index (χ3v) is 3.76. The van der Waals surface area contributed by atoms with Crippen LogP contribution in [0, 0.1) is 0 Å². The number of hydrogen-bond donors (Lipinski definition) is 0. The Hall–Kier alpha value is -2.22. The monoisotopic (exact) mass is 266 g/mol. The average molecular weight is 266 g/mol. The third-order valence-electron chi connectivity index (χ3n) is 3.76. The predicted octanol–water partition coefficient (Wildman–Crippen LogP) is 3.89. The van der Waals surface area contributed by atoms with Crippen LogP contribution in [-0.4, -0.2) is 14.2 Å². The number of rotatable bonds is 3. The normalized spacial score (nSPS) is 15.2. The Morgan fingerprint density at radius 3 is 2.40 bits per heavy atom. The molecule has 0 amide bonds. The van der Waals surface area contributed by atoms with Gasteiger partial charge < -0.3 is 9.47 Å². The van der Waals surface area contributed by atoms with Crippen molar-refractivity contribution in [2.24, 2.45) is 0 Å². The van der Waals surface area contributed by atoms with E-state index in [2.05, 4.69) is 30.3 Å². The third kappa shape index (κ3) is 2.42. The van der Waals surface area contributed by atoms with Crippen LogP contribution in [0.1, 0.15) is 16.7 Å². The first-order valence-electron chi connectivity index (χ1n) is 6.78. The lowest BCUT2D eigenvalue weighted by Crippen LogP contribution is -1.89. The zero-order valence-corrected chi connectivity index (χ0v) is 11.8. The summed E-state index contributed by atoms with van der Waals surface area (Å²) in [6.07, 6.45) is 4.25. The minimum atomic E-state index is 0.892. The molecule has 0 aromatic heterocycles. The maximum absolute atomic E-state index is 5.44. The van der Waals surface area contributed by atoms with E-state index < -0.39 is 0 Å². The van der Waals surface area contributed by atoms with E-state index in [4.69, 9.17) is 9.47 Å². The molecular formula is C18H18O2. The molecule has 2 heteroatoms. The lowest BCUT2D eigenvalue weighted by atomic mass is 10.1. The van der Waals surface area contributed by atoms with Gasteiger partial charge in [-0.25, -0.2) is 0 Å². The first kappa shape index (κ1) is 12.8. The summed E-state index contributed by atoms with van der Waals surface area (Å²) in [5, 5.41) is 0. The predicted molar refractivity (Wildman–Crippen MR) is 81.4 cm³/mol. The molecular weight excluding hydrogens is 248 g/mol. The molecule has 0 spiro atoms. The van der Waals surface area contributed by atoms with Crippen LogP contribution < -0.4 is 9.47 Å². The van der Waals surface area contributed by atoms with E-state index in [0.29, 0.717) is 0 Å². The average Bonchev–Trinajstić information content (AvgIpc) is 2.90. The molecule has 0 aliphatic heterocycles. The minimum Gasteiger partial charge on any atom is -0.497 e. The number of methoxy groups -OCH3 is 2. The summed E-state index contributed by atoms with van der Waals surface area (Å²) in [4.78, 5) is 0. The van der Waals surface area contributed by atoms with Gasteiger partial charge in [0.05, 0.1) is 14.2 Å². The van der Waals surface area contributed by atoms with Crippen molar-refractivity contribution in [1.29, 1.82) is 0 Å². The van der Waals surface area contributed by atoms with Crippen molar-refractivity contribution < 1.29 is 9.47 Å².